The molecule has 0 atom stereocenters. The molecule has 3 heterocycles. The average molecular weight is 379 g/mol. The summed E-state index contributed by atoms with van der Waals surface area (Å²) < 4.78 is 2.23. The molecule has 1 saturated heterocycles. The van der Waals surface area contributed by atoms with Crippen LogP contribution in [0.4, 0.5) is 5.82 Å². The molecule has 2 aromatic heterocycles. The minimum atomic E-state index is 0.824. The molecule has 0 N–H and O–H groups in total. The lowest BCUT2D eigenvalue weighted by molar-refractivity contribution is 0.285. The van der Waals surface area contributed by atoms with Crippen molar-refractivity contribution in [1.29, 1.82) is 0 Å². The maximum absolute atomic E-state index is 4.85. The van der Waals surface area contributed by atoms with Crippen molar-refractivity contribution in [1.82, 2.24) is 24.4 Å². The van der Waals surface area contributed by atoms with Gasteiger partial charge in [0.15, 0.2) is 17.0 Å². The molecule has 1 aliphatic heterocycles. The number of benzene rings is 1. The van der Waals surface area contributed by atoms with Gasteiger partial charge in [0.25, 0.3) is 0 Å². The summed E-state index contributed by atoms with van der Waals surface area (Å²) in [5.74, 6) is 2.85. The first kappa shape index (κ1) is 18.9. The minimum absolute atomic E-state index is 0.824. The molecule has 1 aliphatic rings. The van der Waals surface area contributed by atoms with Gasteiger partial charge in [0, 0.05) is 39.3 Å². The van der Waals surface area contributed by atoms with Gasteiger partial charge in [-0.1, -0.05) is 37.3 Å². The number of aromatic nitrogens is 4. The Balaban J connectivity index is 1.57. The van der Waals surface area contributed by atoms with E-state index in [0.717, 1.165) is 80.7 Å². The van der Waals surface area contributed by atoms with E-state index in [4.69, 9.17) is 15.0 Å². The Morgan fingerprint density at radius 2 is 1.75 bits per heavy atom. The first-order valence-corrected chi connectivity index (χ1v) is 10.4. The molecule has 0 unspecified atom stereocenters. The summed E-state index contributed by atoms with van der Waals surface area (Å²) in [6, 6.07) is 10.7. The van der Waals surface area contributed by atoms with Crippen LogP contribution in [0.2, 0.25) is 0 Å². The average Bonchev–Trinajstić information content (AvgIpc) is 2.86. The molecule has 0 amide bonds. The van der Waals surface area contributed by atoms with Crippen LogP contribution in [0.1, 0.15) is 37.0 Å². The van der Waals surface area contributed by atoms with Crippen molar-refractivity contribution in [3.8, 4) is 0 Å². The number of hydrogen-bond acceptors (Lipinski definition) is 5. The zero-order chi connectivity index (χ0) is 19.5. The predicted molar refractivity (Wildman–Crippen MR) is 114 cm³/mol. The highest BCUT2D eigenvalue weighted by molar-refractivity contribution is 5.84. The second-order valence-corrected chi connectivity index (χ2v) is 7.68. The fourth-order valence-electron chi connectivity index (χ4n) is 4.10. The van der Waals surface area contributed by atoms with Crippen molar-refractivity contribution in [3.05, 3.63) is 47.5 Å². The number of aryl methyl sites for hydroxylation is 3. The topological polar surface area (TPSA) is 50.1 Å². The lowest BCUT2D eigenvalue weighted by Gasteiger charge is -2.23. The normalized spacial score (nSPS) is 15.9. The summed E-state index contributed by atoms with van der Waals surface area (Å²) in [4.78, 5) is 19.3. The Labute approximate surface area is 167 Å². The van der Waals surface area contributed by atoms with Crippen LogP contribution in [-0.2, 0) is 13.1 Å². The van der Waals surface area contributed by atoms with E-state index in [0.29, 0.717) is 0 Å². The number of nitrogens with zero attached hydrogens (tertiary/aromatic N) is 6. The van der Waals surface area contributed by atoms with Gasteiger partial charge in [-0.3, -0.25) is 4.90 Å². The molecule has 3 aromatic rings. The van der Waals surface area contributed by atoms with Crippen LogP contribution >= 0.6 is 0 Å². The third-order valence-electron chi connectivity index (χ3n) is 5.46. The molecule has 0 aliphatic carbocycles. The monoisotopic (exact) mass is 378 g/mol. The van der Waals surface area contributed by atoms with E-state index in [1.807, 2.05) is 6.92 Å². The molecule has 4 rings (SSSR count). The van der Waals surface area contributed by atoms with Crippen molar-refractivity contribution in [3.63, 3.8) is 0 Å². The van der Waals surface area contributed by atoms with Crippen LogP contribution in [0.5, 0.6) is 0 Å². The Morgan fingerprint density at radius 1 is 0.929 bits per heavy atom. The van der Waals surface area contributed by atoms with Crippen LogP contribution in [-0.4, -0.2) is 50.6 Å². The molecule has 6 nitrogen and oxygen atoms in total. The molecule has 0 saturated carbocycles. The van der Waals surface area contributed by atoms with E-state index in [1.54, 1.807) is 0 Å². The number of imidazole rings is 1. The van der Waals surface area contributed by atoms with E-state index in [2.05, 4.69) is 58.5 Å². The molecular weight excluding hydrogens is 348 g/mol. The van der Waals surface area contributed by atoms with Crippen molar-refractivity contribution in [2.75, 3.05) is 31.1 Å². The van der Waals surface area contributed by atoms with Gasteiger partial charge in [-0.2, -0.15) is 0 Å². The zero-order valence-electron chi connectivity index (χ0n) is 17.2. The number of rotatable bonds is 5. The smallest absolute Gasteiger partial charge is 0.165 e. The third-order valence-corrected chi connectivity index (χ3v) is 5.46. The summed E-state index contributed by atoms with van der Waals surface area (Å²) in [6.45, 7) is 12.3. The van der Waals surface area contributed by atoms with Crippen LogP contribution in [0.25, 0.3) is 11.2 Å². The SMILES string of the molecule is CCCn1c(C)nc2c(N3CCCN(Cc4ccccc4)CC3)nc(C)nc21. The van der Waals surface area contributed by atoms with Crippen molar-refractivity contribution < 1.29 is 0 Å². The largest absolute Gasteiger partial charge is 0.353 e. The standard InChI is InChI=1S/C22H30N6/c1-4-11-28-18(3)25-20-21(23-17(2)24-22(20)28)27-13-8-12-26(14-15-27)16-19-9-6-5-7-10-19/h5-7,9-10H,4,8,11-16H2,1-3H3. The lowest BCUT2D eigenvalue weighted by Crippen LogP contribution is -2.31. The molecule has 1 aromatic carbocycles. The van der Waals surface area contributed by atoms with Crippen molar-refractivity contribution in [2.24, 2.45) is 0 Å². The van der Waals surface area contributed by atoms with Crippen LogP contribution < -0.4 is 4.90 Å². The van der Waals surface area contributed by atoms with Gasteiger partial charge in [0.2, 0.25) is 0 Å². The molecule has 148 valence electrons. The maximum Gasteiger partial charge on any atom is 0.165 e. The maximum atomic E-state index is 4.85. The fourth-order valence-corrected chi connectivity index (χ4v) is 4.10. The first-order valence-electron chi connectivity index (χ1n) is 10.4. The van der Waals surface area contributed by atoms with Gasteiger partial charge in [0.05, 0.1) is 0 Å². The minimum Gasteiger partial charge on any atom is -0.353 e. The van der Waals surface area contributed by atoms with Gasteiger partial charge in [-0.05, 0) is 32.3 Å². The van der Waals surface area contributed by atoms with E-state index in [1.165, 1.54) is 5.56 Å². The third kappa shape index (κ3) is 3.87. The highest BCUT2D eigenvalue weighted by atomic mass is 15.3. The van der Waals surface area contributed by atoms with E-state index < -0.39 is 0 Å². The van der Waals surface area contributed by atoms with E-state index >= 15 is 0 Å². The number of anilines is 1. The Hall–Kier alpha value is -2.47. The van der Waals surface area contributed by atoms with Gasteiger partial charge < -0.3 is 9.47 Å². The highest BCUT2D eigenvalue weighted by Gasteiger charge is 2.22. The molecular formula is C22H30N6. The van der Waals surface area contributed by atoms with Gasteiger partial charge >= 0.3 is 0 Å². The van der Waals surface area contributed by atoms with Gasteiger partial charge in [-0.25, -0.2) is 15.0 Å². The van der Waals surface area contributed by atoms with Crippen LogP contribution in [0, 0.1) is 13.8 Å². The summed E-state index contributed by atoms with van der Waals surface area (Å²) in [6.07, 6.45) is 2.20. The Kier molecular flexibility index (Phi) is 5.57. The molecule has 28 heavy (non-hydrogen) atoms. The molecule has 6 heteroatoms. The second-order valence-electron chi connectivity index (χ2n) is 7.68. The quantitative estimate of drug-likeness (QED) is 0.679. The summed E-state index contributed by atoms with van der Waals surface area (Å²) in [5.41, 5.74) is 3.31. The molecule has 0 spiro atoms. The van der Waals surface area contributed by atoms with Gasteiger partial charge in [-0.15, -0.1) is 0 Å². The fraction of sp³-hybridized carbons (Fsp3) is 0.500. The van der Waals surface area contributed by atoms with Crippen LogP contribution in [0.15, 0.2) is 30.3 Å². The van der Waals surface area contributed by atoms with Crippen molar-refractivity contribution in [2.45, 2.75) is 46.7 Å². The first-order chi connectivity index (χ1) is 13.7. The summed E-state index contributed by atoms with van der Waals surface area (Å²) in [7, 11) is 0. The Morgan fingerprint density at radius 3 is 2.54 bits per heavy atom. The number of hydrogen-bond donors (Lipinski definition) is 0. The van der Waals surface area contributed by atoms with Crippen molar-refractivity contribution >= 4 is 17.0 Å². The summed E-state index contributed by atoms with van der Waals surface area (Å²) >= 11 is 0. The second kappa shape index (κ2) is 8.27. The molecule has 1 fully saturated rings. The zero-order valence-corrected chi connectivity index (χ0v) is 17.2. The number of fused-ring (bicyclic) bond motifs is 1. The van der Waals surface area contributed by atoms with Gasteiger partial charge in [0.1, 0.15) is 11.6 Å². The van der Waals surface area contributed by atoms with E-state index in [9.17, 15) is 0 Å². The van der Waals surface area contributed by atoms with E-state index in [-0.39, 0.29) is 0 Å². The molecule has 0 radical (unpaired) electrons. The molecule has 0 bridgehead atoms. The summed E-state index contributed by atoms with van der Waals surface area (Å²) in [5, 5.41) is 0. The lowest BCUT2D eigenvalue weighted by atomic mass is 10.2. The Bertz CT molecular complexity index is 933. The highest BCUT2D eigenvalue weighted by Crippen LogP contribution is 2.26. The van der Waals surface area contributed by atoms with Crippen LogP contribution in [0.3, 0.4) is 0 Å². The predicted octanol–water partition coefficient (Wildman–Crippen LogP) is 3.57.